The molecule has 1 aliphatic rings. The summed E-state index contributed by atoms with van der Waals surface area (Å²) >= 11 is 0. The molecule has 194 valence electrons. The molecule has 2 heterocycles. The lowest BCUT2D eigenvalue weighted by Gasteiger charge is -2.26. The molecule has 0 saturated carbocycles. The molecule has 0 atom stereocenters. The molecule has 1 saturated heterocycles. The number of hydrogen-bond acceptors (Lipinski definition) is 6. The normalized spacial score (nSPS) is 13.9. The van der Waals surface area contributed by atoms with E-state index in [-0.39, 0.29) is 11.0 Å². The van der Waals surface area contributed by atoms with Gasteiger partial charge in [-0.05, 0) is 36.4 Å². The van der Waals surface area contributed by atoms with E-state index >= 15 is 0 Å². The van der Waals surface area contributed by atoms with Crippen LogP contribution in [0, 0.1) is 17.7 Å². The van der Waals surface area contributed by atoms with E-state index in [2.05, 4.69) is 32.5 Å². The van der Waals surface area contributed by atoms with Crippen molar-refractivity contribution in [3.63, 3.8) is 0 Å². The van der Waals surface area contributed by atoms with Gasteiger partial charge >= 0.3 is 6.03 Å². The number of nitrogens with one attached hydrogen (secondary N) is 2. The molecule has 0 spiro atoms. The lowest BCUT2D eigenvalue weighted by atomic mass is 9.93. The monoisotopic (exact) mass is 506 g/mol. The number of rotatable bonds is 6. The molecular formula is C28H31FN4O4. The van der Waals surface area contributed by atoms with Gasteiger partial charge in [-0.3, -0.25) is 10.2 Å². The van der Waals surface area contributed by atoms with E-state index in [4.69, 9.17) is 14.0 Å². The lowest BCUT2D eigenvalue weighted by molar-refractivity contribution is 0.0322. The van der Waals surface area contributed by atoms with Crippen molar-refractivity contribution in [1.29, 1.82) is 0 Å². The minimum Gasteiger partial charge on any atom is -0.492 e. The second kappa shape index (κ2) is 11.9. The third kappa shape index (κ3) is 7.81. The number of ether oxygens (including phenoxy) is 2. The van der Waals surface area contributed by atoms with Crippen LogP contribution in [-0.4, -0.2) is 55.5 Å². The van der Waals surface area contributed by atoms with Crippen molar-refractivity contribution >= 4 is 17.5 Å². The number of carbonyl (C=O) groups excluding carboxylic acids is 1. The van der Waals surface area contributed by atoms with E-state index in [0.717, 1.165) is 32.8 Å². The minimum absolute atomic E-state index is 0.206. The maximum atomic E-state index is 14.5. The fraction of sp³-hybridized carbons (Fsp3) is 0.357. The first-order valence-corrected chi connectivity index (χ1v) is 12.2. The molecule has 3 aromatic rings. The highest BCUT2D eigenvalue weighted by atomic mass is 19.1. The summed E-state index contributed by atoms with van der Waals surface area (Å²) < 4.78 is 30.8. The van der Waals surface area contributed by atoms with Crippen molar-refractivity contribution in [2.24, 2.45) is 0 Å². The van der Waals surface area contributed by atoms with Gasteiger partial charge in [0.05, 0.1) is 18.8 Å². The van der Waals surface area contributed by atoms with Gasteiger partial charge in [-0.2, -0.15) is 0 Å². The Morgan fingerprint density at radius 3 is 2.51 bits per heavy atom. The molecule has 1 aliphatic heterocycles. The van der Waals surface area contributed by atoms with Gasteiger partial charge in [-0.15, -0.1) is 0 Å². The zero-order chi connectivity index (χ0) is 26.3. The maximum absolute atomic E-state index is 14.5. The fourth-order valence-corrected chi connectivity index (χ4v) is 3.55. The van der Waals surface area contributed by atoms with Crippen molar-refractivity contribution in [1.82, 2.24) is 10.1 Å². The number of anilines is 2. The van der Waals surface area contributed by atoms with Gasteiger partial charge < -0.3 is 19.3 Å². The molecule has 37 heavy (non-hydrogen) atoms. The Bertz CT molecular complexity index is 1270. The molecule has 2 amide bonds. The van der Waals surface area contributed by atoms with Crippen LogP contribution in [0.1, 0.15) is 37.7 Å². The summed E-state index contributed by atoms with van der Waals surface area (Å²) in [6, 6.07) is 12.9. The number of hydrogen-bond donors (Lipinski definition) is 2. The van der Waals surface area contributed by atoms with Crippen molar-refractivity contribution in [3.8, 4) is 17.6 Å². The summed E-state index contributed by atoms with van der Waals surface area (Å²) in [5.74, 6) is 6.84. The van der Waals surface area contributed by atoms with Gasteiger partial charge in [0, 0.05) is 48.4 Å². The summed E-state index contributed by atoms with van der Waals surface area (Å²) in [5, 5.41) is 9.24. The molecule has 8 nitrogen and oxygen atoms in total. The second-order valence-corrected chi connectivity index (χ2v) is 9.68. The first-order chi connectivity index (χ1) is 17.8. The van der Waals surface area contributed by atoms with Crippen LogP contribution < -0.4 is 15.4 Å². The maximum Gasteiger partial charge on any atom is 0.324 e. The van der Waals surface area contributed by atoms with Crippen LogP contribution in [-0.2, 0) is 10.2 Å². The Hall–Kier alpha value is -3.87. The molecule has 1 aromatic heterocycles. The molecule has 4 rings (SSSR count). The molecular weight excluding hydrogens is 475 g/mol. The summed E-state index contributed by atoms with van der Waals surface area (Å²) in [7, 11) is 0. The molecule has 0 radical (unpaired) electrons. The third-order valence-electron chi connectivity index (χ3n) is 5.70. The quantitative estimate of drug-likeness (QED) is 0.464. The molecule has 2 N–H and O–H groups in total. The summed E-state index contributed by atoms with van der Waals surface area (Å²) in [5.41, 5.74) is 1.33. The number of urea groups is 1. The van der Waals surface area contributed by atoms with Crippen molar-refractivity contribution in [3.05, 3.63) is 71.2 Å². The van der Waals surface area contributed by atoms with E-state index in [1.54, 1.807) is 42.5 Å². The fourth-order valence-electron chi connectivity index (χ4n) is 3.55. The van der Waals surface area contributed by atoms with Gasteiger partial charge in [0.25, 0.3) is 0 Å². The van der Waals surface area contributed by atoms with Crippen LogP contribution in [0.4, 0.5) is 20.7 Å². The molecule has 1 fully saturated rings. The molecule has 0 aliphatic carbocycles. The van der Waals surface area contributed by atoms with E-state index in [1.807, 2.05) is 20.8 Å². The Morgan fingerprint density at radius 1 is 1.08 bits per heavy atom. The number of aromatic nitrogens is 1. The number of carbonyl (C=O) groups is 1. The Kier molecular flexibility index (Phi) is 8.43. The van der Waals surface area contributed by atoms with Gasteiger partial charge in [0.15, 0.2) is 5.82 Å². The Balaban J connectivity index is 1.27. The zero-order valence-electron chi connectivity index (χ0n) is 21.3. The Labute approximate surface area is 216 Å². The predicted molar refractivity (Wildman–Crippen MR) is 139 cm³/mol. The van der Waals surface area contributed by atoms with E-state index in [1.165, 1.54) is 6.07 Å². The average Bonchev–Trinajstić information content (AvgIpc) is 3.34. The van der Waals surface area contributed by atoms with Crippen LogP contribution in [0.3, 0.4) is 0 Å². The number of morpholine rings is 1. The standard InChI is InChI=1S/C28H31FN4O4/c1-28(2,3)25-19-26(32-37-25)31-27(34)30-22-9-5-20(6-10-22)4-7-21-8-11-23(18-24(21)29)36-17-14-33-12-15-35-16-13-33/h5-6,8-11,18-19H,12-17H2,1-3H3,(H2,30,31,32,34). The van der Waals surface area contributed by atoms with Crippen LogP contribution in [0.25, 0.3) is 0 Å². The number of halogens is 1. The number of amides is 2. The summed E-state index contributed by atoms with van der Waals surface area (Å²) in [4.78, 5) is 14.5. The Morgan fingerprint density at radius 2 is 1.84 bits per heavy atom. The molecule has 0 unspecified atom stereocenters. The molecule has 2 aromatic carbocycles. The highest BCUT2D eigenvalue weighted by Gasteiger charge is 2.20. The summed E-state index contributed by atoms with van der Waals surface area (Å²) in [6.45, 7) is 10.5. The van der Waals surface area contributed by atoms with Crippen LogP contribution in [0.15, 0.2) is 53.1 Å². The predicted octanol–water partition coefficient (Wildman–Crippen LogP) is 4.87. The van der Waals surface area contributed by atoms with Crippen LogP contribution >= 0.6 is 0 Å². The second-order valence-electron chi connectivity index (χ2n) is 9.68. The van der Waals surface area contributed by atoms with Crippen LogP contribution in [0.5, 0.6) is 5.75 Å². The zero-order valence-corrected chi connectivity index (χ0v) is 21.3. The first kappa shape index (κ1) is 26.2. The van der Waals surface area contributed by atoms with Gasteiger partial charge in [0.2, 0.25) is 0 Å². The van der Waals surface area contributed by atoms with E-state index < -0.39 is 11.8 Å². The number of benzene rings is 2. The topological polar surface area (TPSA) is 88.9 Å². The molecule has 9 heteroatoms. The highest BCUT2D eigenvalue weighted by Crippen LogP contribution is 2.24. The van der Waals surface area contributed by atoms with Gasteiger partial charge in [-0.25, -0.2) is 9.18 Å². The largest absolute Gasteiger partial charge is 0.492 e. The third-order valence-corrected chi connectivity index (χ3v) is 5.70. The smallest absolute Gasteiger partial charge is 0.324 e. The van der Waals surface area contributed by atoms with Crippen LogP contribution in [0.2, 0.25) is 0 Å². The van der Waals surface area contributed by atoms with Crippen molar-refractivity contribution in [2.75, 3.05) is 50.1 Å². The minimum atomic E-state index is -0.443. The SMILES string of the molecule is CC(C)(C)c1cc(NC(=O)Nc2ccc(C#Cc3ccc(OCCN4CCOCC4)cc3F)cc2)no1. The average molecular weight is 507 g/mol. The molecule has 0 bridgehead atoms. The van der Waals surface area contributed by atoms with Gasteiger partial charge in [-0.1, -0.05) is 37.8 Å². The van der Waals surface area contributed by atoms with E-state index in [0.29, 0.717) is 35.2 Å². The number of nitrogens with zero attached hydrogens (tertiary/aromatic N) is 2. The first-order valence-electron chi connectivity index (χ1n) is 12.2. The van der Waals surface area contributed by atoms with Crippen molar-refractivity contribution < 1.29 is 23.2 Å². The van der Waals surface area contributed by atoms with Crippen molar-refractivity contribution in [2.45, 2.75) is 26.2 Å². The van der Waals surface area contributed by atoms with Gasteiger partial charge in [0.1, 0.15) is 23.9 Å². The lowest BCUT2D eigenvalue weighted by Crippen LogP contribution is -2.38. The highest BCUT2D eigenvalue weighted by molar-refractivity contribution is 5.99. The summed E-state index contributed by atoms with van der Waals surface area (Å²) in [6.07, 6.45) is 0. The van der Waals surface area contributed by atoms with E-state index in [9.17, 15) is 9.18 Å².